The van der Waals surface area contributed by atoms with Gasteiger partial charge in [0, 0.05) is 31.0 Å². The molecule has 0 saturated carbocycles. The number of likely N-dealkylation sites (tertiary alicyclic amines) is 1. The lowest BCUT2D eigenvalue weighted by Gasteiger charge is -2.33. The largest absolute Gasteiger partial charge is 0.337 e. The summed E-state index contributed by atoms with van der Waals surface area (Å²) in [6.07, 6.45) is 5.58. The van der Waals surface area contributed by atoms with Crippen molar-refractivity contribution < 1.29 is 9.32 Å². The van der Waals surface area contributed by atoms with E-state index < -0.39 is 0 Å². The van der Waals surface area contributed by atoms with Crippen molar-refractivity contribution in [1.82, 2.24) is 30.2 Å². The number of carbonyl (C=O) groups is 1. The number of urea groups is 1. The van der Waals surface area contributed by atoms with Crippen LogP contribution in [0.1, 0.15) is 25.7 Å². The van der Waals surface area contributed by atoms with Gasteiger partial charge in [0.1, 0.15) is 6.54 Å². The van der Waals surface area contributed by atoms with E-state index in [9.17, 15) is 4.79 Å². The highest BCUT2D eigenvalue weighted by atomic mass is 16.5. The first-order chi connectivity index (χ1) is 12.5. The molecule has 0 aliphatic carbocycles. The molecule has 3 rings (SSSR count). The number of amides is 2. The third-order valence-electron chi connectivity index (χ3n) is 4.95. The van der Waals surface area contributed by atoms with Crippen LogP contribution in [-0.4, -0.2) is 64.2 Å². The molecule has 0 radical (unpaired) electrons. The Hall–Kier alpha value is -2.48. The van der Waals surface area contributed by atoms with Gasteiger partial charge in [-0.1, -0.05) is 5.16 Å². The van der Waals surface area contributed by atoms with Crippen LogP contribution in [-0.2, 0) is 6.54 Å². The predicted molar refractivity (Wildman–Crippen MR) is 97.2 cm³/mol. The maximum absolute atomic E-state index is 12.4. The SMILES string of the molecule is C[C@H](NC(=O)N(C)Cc1nc(-c2ccncc2)no1)C1CCN(C)CC1. The van der Waals surface area contributed by atoms with E-state index in [0.29, 0.717) is 17.6 Å². The van der Waals surface area contributed by atoms with E-state index in [4.69, 9.17) is 4.52 Å². The molecule has 2 amide bonds. The van der Waals surface area contributed by atoms with E-state index in [1.807, 2.05) is 12.1 Å². The van der Waals surface area contributed by atoms with Crippen LogP contribution in [0.4, 0.5) is 4.79 Å². The van der Waals surface area contributed by atoms with Gasteiger partial charge in [-0.25, -0.2) is 4.79 Å². The lowest BCUT2D eigenvalue weighted by atomic mass is 9.90. The van der Waals surface area contributed by atoms with Crippen molar-refractivity contribution in [3.05, 3.63) is 30.4 Å². The van der Waals surface area contributed by atoms with E-state index in [1.165, 1.54) is 0 Å². The maximum atomic E-state index is 12.4. The van der Waals surface area contributed by atoms with E-state index in [-0.39, 0.29) is 18.6 Å². The van der Waals surface area contributed by atoms with Crippen LogP contribution in [0, 0.1) is 5.92 Å². The second kappa shape index (κ2) is 8.27. The molecule has 0 unspecified atom stereocenters. The maximum Gasteiger partial charge on any atom is 0.317 e. The fourth-order valence-electron chi connectivity index (χ4n) is 3.16. The van der Waals surface area contributed by atoms with Gasteiger partial charge in [-0.15, -0.1) is 0 Å². The van der Waals surface area contributed by atoms with Crippen LogP contribution in [0.2, 0.25) is 0 Å². The molecule has 8 heteroatoms. The lowest BCUT2D eigenvalue weighted by molar-refractivity contribution is 0.170. The Kier molecular flexibility index (Phi) is 5.82. The molecule has 0 spiro atoms. The van der Waals surface area contributed by atoms with E-state index >= 15 is 0 Å². The molecule has 1 N–H and O–H groups in total. The number of hydrogen-bond acceptors (Lipinski definition) is 6. The predicted octanol–water partition coefficient (Wildman–Crippen LogP) is 2.00. The molecule has 140 valence electrons. The lowest BCUT2D eigenvalue weighted by Crippen LogP contribution is -2.47. The van der Waals surface area contributed by atoms with Crippen LogP contribution in [0.3, 0.4) is 0 Å². The molecule has 1 aliphatic rings. The molecule has 2 aromatic heterocycles. The topological polar surface area (TPSA) is 87.4 Å². The van der Waals surface area contributed by atoms with Crippen LogP contribution >= 0.6 is 0 Å². The van der Waals surface area contributed by atoms with Crippen molar-refractivity contribution >= 4 is 6.03 Å². The summed E-state index contributed by atoms with van der Waals surface area (Å²) in [5.41, 5.74) is 0.831. The quantitative estimate of drug-likeness (QED) is 0.880. The molecular formula is C18H26N6O2. The molecule has 1 aliphatic heterocycles. The molecule has 1 saturated heterocycles. The number of rotatable bonds is 5. The van der Waals surface area contributed by atoms with Gasteiger partial charge in [0.25, 0.3) is 0 Å². The Morgan fingerprint density at radius 1 is 1.38 bits per heavy atom. The molecule has 0 aromatic carbocycles. The Morgan fingerprint density at radius 2 is 2.08 bits per heavy atom. The number of carbonyl (C=O) groups excluding carboxylic acids is 1. The first-order valence-corrected chi connectivity index (χ1v) is 8.96. The molecule has 26 heavy (non-hydrogen) atoms. The third-order valence-corrected chi connectivity index (χ3v) is 4.95. The van der Waals surface area contributed by atoms with Crippen molar-refractivity contribution in [3.63, 3.8) is 0 Å². The number of nitrogens with zero attached hydrogens (tertiary/aromatic N) is 5. The highest BCUT2D eigenvalue weighted by molar-refractivity contribution is 5.74. The molecule has 2 aromatic rings. The van der Waals surface area contributed by atoms with Crippen LogP contribution in [0.5, 0.6) is 0 Å². The summed E-state index contributed by atoms with van der Waals surface area (Å²) in [6.45, 7) is 4.51. The highest BCUT2D eigenvalue weighted by Crippen LogP contribution is 2.20. The van der Waals surface area contributed by atoms with Gasteiger partial charge in [0.2, 0.25) is 11.7 Å². The summed E-state index contributed by atoms with van der Waals surface area (Å²) in [7, 11) is 3.87. The van der Waals surface area contributed by atoms with Crippen molar-refractivity contribution in [2.45, 2.75) is 32.4 Å². The van der Waals surface area contributed by atoms with Gasteiger partial charge >= 0.3 is 6.03 Å². The van der Waals surface area contributed by atoms with Gasteiger partial charge in [-0.3, -0.25) is 4.98 Å². The summed E-state index contributed by atoms with van der Waals surface area (Å²) < 4.78 is 5.26. The molecular weight excluding hydrogens is 332 g/mol. The molecule has 3 heterocycles. The zero-order chi connectivity index (χ0) is 18.5. The van der Waals surface area contributed by atoms with E-state index in [1.54, 1.807) is 24.3 Å². The average Bonchev–Trinajstić information content (AvgIpc) is 3.11. The van der Waals surface area contributed by atoms with E-state index in [2.05, 4.69) is 39.3 Å². The summed E-state index contributed by atoms with van der Waals surface area (Å²) >= 11 is 0. The number of piperidine rings is 1. The van der Waals surface area contributed by atoms with Crippen molar-refractivity contribution in [3.8, 4) is 11.4 Å². The zero-order valence-electron chi connectivity index (χ0n) is 15.6. The smallest absolute Gasteiger partial charge is 0.317 e. The Balaban J connectivity index is 1.52. The Morgan fingerprint density at radius 3 is 2.77 bits per heavy atom. The summed E-state index contributed by atoms with van der Waals surface area (Å²) in [6, 6.07) is 3.65. The normalized spacial score (nSPS) is 17.0. The molecule has 8 nitrogen and oxygen atoms in total. The zero-order valence-corrected chi connectivity index (χ0v) is 15.6. The molecule has 0 bridgehead atoms. The number of nitrogens with one attached hydrogen (secondary N) is 1. The highest BCUT2D eigenvalue weighted by Gasteiger charge is 2.24. The second-order valence-corrected chi connectivity index (χ2v) is 6.98. The first-order valence-electron chi connectivity index (χ1n) is 8.96. The Labute approximate surface area is 153 Å². The first kappa shape index (κ1) is 18.3. The summed E-state index contributed by atoms with van der Waals surface area (Å²) in [5, 5.41) is 7.06. The van der Waals surface area contributed by atoms with Crippen molar-refractivity contribution in [2.75, 3.05) is 27.2 Å². The molecule has 1 fully saturated rings. The minimum Gasteiger partial charge on any atom is -0.337 e. The fraction of sp³-hybridized carbons (Fsp3) is 0.556. The minimum absolute atomic E-state index is 0.125. The van der Waals surface area contributed by atoms with Gasteiger partial charge in [0.15, 0.2) is 0 Å². The van der Waals surface area contributed by atoms with Gasteiger partial charge < -0.3 is 19.6 Å². The van der Waals surface area contributed by atoms with Gasteiger partial charge in [-0.05, 0) is 58.0 Å². The fourth-order valence-corrected chi connectivity index (χ4v) is 3.16. The third kappa shape index (κ3) is 4.57. The van der Waals surface area contributed by atoms with Gasteiger partial charge in [-0.2, -0.15) is 4.98 Å². The second-order valence-electron chi connectivity index (χ2n) is 6.98. The monoisotopic (exact) mass is 358 g/mol. The van der Waals surface area contributed by atoms with E-state index in [0.717, 1.165) is 31.5 Å². The number of hydrogen-bond donors (Lipinski definition) is 1. The molecule has 1 atom stereocenters. The van der Waals surface area contributed by atoms with Crippen LogP contribution in [0.25, 0.3) is 11.4 Å². The number of pyridine rings is 1. The van der Waals surface area contributed by atoms with Crippen molar-refractivity contribution in [2.24, 2.45) is 5.92 Å². The average molecular weight is 358 g/mol. The van der Waals surface area contributed by atoms with Crippen molar-refractivity contribution in [1.29, 1.82) is 0 Å². The van der Waals surface area contributed by atoms with Gasteiger partial charge in [0.05, 0.1) is 0 Å². The van der Waals surface area contributed by atoms with Crippen LogP contribution < -0.4 is 5.32 Å². The summed E-state index contributed by atoms with van der Waals surface area (Å²) in [5.74, 6) is 1.42. The number of aromatic nitrogens is 3. The van der Waals surface area contributed by atoms with Crippen LogP contribution in [0.15, 0.2) is 29.0 Å². The summed E-state index contributed by atoms with van der Waals surface area (Å²) in [4.78, 5) is 24.7. The Bertz CT molecular complexity index is 711. The minimum atomic E-state index is -0.125. The standard InChI is InChI=1S/C18H26N6O2/c1-13(14-6-10-23(2)11-7-14)20-18(25)24(3)12-16-21-17(22-26-16)15-4-8-19-9-5-15/h4-5,8-9,13-14H,6-7,10-12H2,1-3H3,(H,20,25)/t13-/m0/s1.